The highest BCUT2D eigenvalue weighted by molar-refractivity contribution is 5.81. The molecule has 0 bridgehead atoms. The third-order valence-corrected chi connectivity index (χ3v) is 2.68. The van der Waals surface area contributed by atoms with E-state index < -0.39 is 0 Å². The van der Waals surface area contributed by atoms with E-state index in [0.717, 1.165) is 30.7 Å². The van der Waals surface area contributed by atoms with Crippen molar-refractivity contribution in [1.29, 1.82) is 0 Å². The minimum atomic E-state index is -0.0174. The predicted octanol–water partition coefficient (Wildman–Crippen LogP) is 0.493. The second kappa shape index (κ2) is 4.35. The Morgan fingerprint density at radius 1 is 1.41 bits per heavy atom. The topological polar surface area (TPSA) is 69.2 Å². The Morgan fingerprint density at radius 2 is 2.18 bits per heavy atom. The largest absolute Gasteiger partial charge is 0.349 e. The average molecular weight is 236 g/mol. The lowest BCUT2D eigenvalue weighted by atomic mass is 9.96. The number of aromatic nitrogens is 3. The van der Waals surface area contributed by atoms with Crippen LogP contribution in [0.4, 0.5) is 0 Å². The number of hydrogen-bond acceptors (Lipinski definition) is 5. The van der Waals surface area contributed by atoms with Crippen molar-refractivity contribution >= 4 is 5.96 Å². The molecule has 0 radical (unpaired) electrons. The molecule has 0 atom stereocenters. The summed E-state index contributed by atoms with van der Waals surface area (Å²) in [6, 6.07) is 0. The molecule has 1 aliphatic heterocycles. The third kappa shape index (κ3) is 2.75. The molecule has 0 aliphatic carbocycles. The van der Waals surface area contributed by atoms with Crippen molar-refractivity contribution in [2.45, 2.75) is 32.7 Å². The monoisotopic (exact) mass is 236 g/mol. The van der Waals surface area contributed by atoms with Crippen molar-refractivity contribution in [2.24, 2.45) is 4.99 Å². The van der Waals surface area contributed by atoms with Crippen LogP contribution in [-0.2, 0) is 12.0 Å². The van der Waals surface area contributed by atoms with Crippen LogP contribution in [0.15, 0.2) is 4.99 Å². The quantitative estimate of drug-likeness (QED) is 0.784. The maximum Gasteiger partial charge on any atom is 0.194 e. The Kier molecular flexibility index (Phi) is 3.04. The van der Waals surface area contributed by atoms with Crippen molar-refractivity contribution in [2.75, 3.05) is 20.1 Å². The first-order valence-electron chi connectivity index (χ1n) is 5.88. The van der Waals surface area contributed by atoms with Crippen LogP contribution in [0.3, 0.4) is 0 Å². The summed E-state index contributed by atoms with van der Waals surface area (Å²) in [4.78, 5) is 10.9. The summed E-state index contributed by atoms with van der Waals surface area (Å²) in [7, 11) is 2.03. The van der Waals surface area contributed by atoms with Crippen molar-refractivity contribution < 1.29 is 0 Å². The third-order valence-electron chi connectivity index (χ3n) is 2.68. The van der Waals surface area contributed by atoms with Gasteiger partial charge in [0, 0.05) is 19.0 Å². The van der Waals surface area contributed by atoms with Gasteiger partial charge in [-0.15, -0.1) is 0 Å². The van der Waals surface area contributed by atoms with Crippen molar-refractivity contribution in [1.82, 2.24) is 25.4 Å². The lowest BCUT2D eigenvalue weighted by Gasteiger charge is -2.14. The van der Waals surface area contributed by atoms with Gasteiger partial charge in [-0.05, 0) is 0 Å². The van der Waals surface area contributed by atoms with Crippen LogP contribution in [0.5, 0.6) is 0 Å². The van der Waals surface area contributed by atoms with Gasteiger partial charge < -0.3 is 10.2 Å². The van der Waals surface area contributed by atoms with Crippen molar-refractivity contribution in [3.8, 4) is 0 Å². The molecule has 94 valence electrons. The van der Waals surface area contributed by atoms with E-state index >= 15 is 0 Å². The van der Waals surface area contributed by atoms with E-state index in [0.29, 0.717) is 6.54 Å². The maximum atomic E-state index is 4.46. The Labute approximate surface area is 102 Å². The van der Waals surface area contributed by atoms with E-state index in [2.05, 4.69) is 51.2 Å². The summed E-state index contributed by atoms with van der Waals surface area (Å²) < 4.78 is 0. The highest BCUT2D eigenvalue weighted by Crippen LogP contribution is 2.17. The molecule has 2 heterocycles. The number of rotatable bonds is 2. The zero-order valence-corrected chi connectivity index (χ0v) is 10.9. The van der Waals surface area contributed by atoms with Crippen LogP contribution < -0.4 is 5.32 Å². The second-order valence-electron chi connectivity index (χ2n) is 5.34. The van der Waals surface area contributed by atoms with Crippen molar-refractivity contribution in [3.05, 3.63) is 11.6 Å². The molecule has 0 aromatic carbocycles. The molecule has 6 heteroatoms. The Balaban J connectivity index is 1.94. The lowest BCUT2D eigenvalue weighted by Crippen LogP contribution is -2.35. The van der Waals surface area contributed by atoms with E-state index in [-0.39, 0.29) is 5.41 Å². The number of nitrogens with zero attached hydrogens (tertiary/aromatic N) is 4. The van der Waals surface area contributed by atoms with E-state index in [1.165, 1.54) is 0 Å². The molecule has 1 aromatic rings. The molecule has 0 saturated heterocycles. The minimum absolute atomic E-state index is 0.0174. The fourth-order valence-electron chi connectivity index (χ4n) is 1.60. The van der Waals surface area contributed by atoms with Crippen LogP contribution >= 0.6 is 0 Å². The highest BCUT2D eigenvalue weighted by Gasteiger charge is 2.19. The van der Waals surface area contributed by atoms with Crippen LogP contribution in [-0.4, -0.2) is 46.2 Å². The fraction of sp³-hybridized carbons (Fsp3) is 0.727. The number of guanidine groups is 1. The van der Waals surface area contributed by atoms with E-state index in [1.807, 2.05) is 7.05 Å². The molecular formula is C11H20N6. The maximum absolute atomic E-state index is 4.46. The van der Waals surface area contributed by atoms with Crippen LogP contribution in [0.1, 0.15) is 32.4 Å². The fourth-order valence-corrected chi connectivity index (χ4v) is 1.60. The standard InChI is InChI=1S/C11H20N6/c1-11(2,3)9-14-8(15-16-9)7-13-10-12-5-6-17(10)4/h5-7H2,1-4H3,(H,12,13)(H,14,15,16). The predicted molar refractivity (Wildman–Crippen MR) is 66.9 cm³/mol. The summed E-state index contributed by atoms with van der Waals surface area (Å²) >= 11 is 0. The molecular weight excluding hydrogens is 216 g/mol. The molecule has 1 aromatic heterocycles. The van der Waals surface area contributed by atoms with Gasteiger partial charge in [0.1, 0.15) is 5.82 Å². The SMILES string of the molecule is CN1CCN=C1NCc1nc(C(C)(C)C)n[nH]1. The van der Waals surface area contributed by atoms with Gasteiger partial charge in [-0.3, -0.25) is 10.1 Å². The number of aliphatic imine (C=N–C) groups is 1. The molecule has 1 aliphatic rings. The smallest absolute Gasteiger partial charge is 0.194 e. The number of aromatic amines is 1. The average Bonchev–Trinajstić information content (AvgIpc) is 2.82. The first-order valence-corrected chi connectivity index (χ1v) is 5.88. The number of hydrogen-bond donors (Lipinski definition) is 2. The Bertz CT molecular complexity index is 414. The first-order chi connectivity index (χ1) is 7.97. The lowest BCUT2D eigenvalue weighted by molar-refractivity contribution is 0.531. The number of likely N-dealkylation sites (N-methyl/N-ethyl adjacent to an activating group) is 1. The van der Waals surface area contributed by atoms with Crippen LogP contribution in [0.25, 0.3) is 0 Å². The zero-order valence-electron chi connectivity index (χ0n) is 10.9. The summed E-state index contributed by atoms with van der Waals surface area (Å²) in [5, 5.41) is 10.4. The van der Waals surface area contributed by atoms with Crippen LogP contribution in [0.2, 0.25) is 0 Å². The van der Waals surface area contributed by atoms with Crippen LogP contribution in [0, 0.1) is 0 Å². The van der Waals surface area contributed by atoms with Gasteiger partial charge >= 0.3 is 0 Å². The van der Waals surface area contributed by atoms with Gasteiger partial charge in [0.25, 0.3) is 0 Å². The zero-order chi connectivity index (χ0) is 12.5. The molecule has 0 saturated carbocycles. The molecule has 17 heavy (non-hydrogen) atoms. The Morgan fingerprint density at radius 3 is 2.71 bits per heavy atom. The van der Waals surface area contributed by atoms with Gasteiger partial charge in [0.2, 0.25) is 0 Å². The number of H-pyrrole nitrogens is 1. The highest BCUT2D eigenvalue weighted by atomic mass is 15.3. The van der Waals surface area contributed by atoms with Gasteiger partial charge in [-0.2, -0.15) is 5.10 Å². The first kappa shape index (κ1) is 11.9. The number of nitrogens with one attached hydrogen (secondary N) is 2. The Hall–Kier alpha value is -1.59. The second-order valence-corrected chi connectivity index (χ2v) is 5.34. The molecule has 0 amide bonds. The van der Waals surface area contributed by atoms with Gasteiger partial charge in [-0.1, -0.05) is 20.8 Å². The normalized spacial score (nSPS) is 16.2. The summed E-state index contributed by atoms with van der Waals surface area (Å²) in [6.07, 6.45) is 0. The molecule has 0 spiro atoms. The van der Waals surface area contributed by atoms with Gasteiger partial charge in [-0.25, -0.2) is 4.98 Å². The van der Waals surface area contributed by atoms with E-state index in [1.54, 1.807) is 0 Å². The molecule has 6 nitrogen and oxygen atoms in total. The molecule has 2 rings (SSSR count). The molecule has 0 unspecified atom stereocenters. The summed E-state index contributed by atoms with van der Waals surface area (Å²) in [5.41, 5.74) is -0.0174. The van der Waals surface area contributed by atoms with Gasteiger partial charge in [0.15, 0.2) is 11.8 Å². The van der Waals surface area contributed by atoms with Gasteiger partial charge in [0.05, 0.1) is 13.1 Å². The summed E-state index contributed by atoms with van der Waals surface area (Å²) in [6.45, 7) is 8.77. The molecule has 0 fully saturated rings. The van der Waals surface area contributed by atoms with E-state index in [4.69, 9.17) is 0 Å². The van der Waals surface area contributed by atoms with E-state index in [9.17, 15) is 0 Å². The van der Waals surface area contributed by atoms with Crippen molar-refractivity contribution in [3.63, 3.8) is 0 Å². The molecule has 2 N–H and O–H groups in total. The summed E-state index contributed by atoms with van der Waals surface area (Å²) in [5.74, 6) is 2.62. The minimum Gasteiger partial charge on any atom is -0.349 e.